The highest BCUT2D eigenvalue weighted by Gasteiger charge is 2.50. The van der Waals surface area contributed by atoms with Gasteiger partial charge >= 0.3 is 11.9 Å². The number of carboxylic acids is 1. The van der Waals surface area contributed by atoms with Crippen LogP contribution in [0.4, 0.5) is 0 Å². The molecular formula is C39H26O6. The van der Waals surface area contributed by atoms with Crippen molar-refractivity contribution in [2.24, 2.45) is 0 Å². The number of cyclic esters (lactones) is 1. The number of phenolic OH excluding ortho intramolecular Hbond substituents is 2. The van der Waals surface area contributed by atoms with Crippen LogP contribution in [-0.4, -0.2) is 27.3 Å². The molecule has 3 N–H and O–H groups in total. The van der Waals surface area contributed by atoms with Crippen LogP contribution in [0.3, 0.4) is 0 Å². The summed E-state index contributed by atoms with van der Waals surface area (Å²) in [5, 5.41) is 38.6. The summed E-state index contributed by atoms with van der Waals surface area (Å²) in [5.41, 5.74) is 1.06. The topological polar surface area (TPSA) is 104 Å². The van der Waals surface area contributed by atoms with E-state index in [1.54, 1.807) is 31.2 Å². The summed E-state index contributed by atoms with van der Waals surface area (Å²) in [5.74, 6) is -1.99. The van der Waals surface area contributed by atoms with Crippen molar-refractivity contribution in [2.75, 3.05) is 0 Å². The maximum Gasteiger partial charge on any atom is 0.340 e. The number of ether oxygens (including phenoxy) is 1. The molecule has 0 fully saturated rings. The molecule has 218 valence electrons. The quantitative estimate of drug-likeness (QED) is 0.141. The number of carboxylic acid groups (broad SMARTS) is 1. The molecule has 0 aliphatic carbocycles. The molecule has 1 aliphatic heterocycles. The van der Waals surface area contributed by atoms with Crippen LogP contribution >= 0.6 is 0 Å². The third-order valence-corrected chi connectivity index (χ3v) is 9.17. The number of rotatable bonds is 3. The molecule has 1 atom stereocenters. The first-order valence-electron chi connectivity index (χ1n) is 14.6. The second-order valence-electron chi connectivity index (χ2n) is 11.8. The molecule has 45 heavy (non-hydrogen) atoms. The number of aromatic hydroxyl groups is 2. The maximum absolute atomic E-state index is 14.2. The summed E-state index contributed by atoms with van der Waals surface area (Å²) >= 11 is 0. The van der Waals surface area contributed by atoms with Gasteiger partial charge in [0.15, 0.2) is 5.60 Å². The highest BCUT2D eigenvalue weighted by atomic mass is 16.6. The second kappa shape index (κ2) is 9.31. The molecule has 7 aromatic carbocycles. The van der Waals surface area contributed by atoms with Gasteiger partial charge in [0.05, 0.1) is 11.1 Å². The van der Waals surface area contributed by atoms with Gasteiger partial charge in [-0.2, -0.15) is 0 Å². The van der Waals surface area contributed by atoms with Gasteiger partial charge in [-0.05, 0) is 64.5 Å². The van der Waals surface area contributed by atoms with Gasteiger partial charge in [-0.15, -0.1) is 0 Å². The summed E-state index contributed by atoms with van der Waals surface area (Å²) in [7, 11) is 0. The molecule has 0 radical (unpaired) electrons. The van der Waals surface area contributed by atoms with Crippen molar-refractivity contribution in [3.63, 3.8) is 0 Å². The molecule has 0 bridgehead atoms. The summed E-state index contributed by atoms with van der Waals surface area (Å²) in [6.07, 6.45) is 0. The van der Waals surface area contributed by atoms with E-state index in [1.165, 1.54) is 6.07 Å². The van der Waals surface area contributed by atoms with Gasteiger partial charge in [-0.3, -0.25) is 0 Å². The third-order valence-electron chi connectivity index (χ3n) is 9.17. The van der Waals surface area contributed by atoms with Crippen LogP contribution in [0.25, 0.3) is 43.1 Å². The number of phenols is 2. The molecule has 7 aromatic rings. The summed E-state index contributed by atoms with van der Waals surface area (Å²) in [6, 6.07) is 31.0. The summed E-state index contributed by atoms with van der Waals surface area (Å²) in [4.78, 5) is 27.4. The number of aromatic carboxylic acids is 1. The SMILES string of the molecule is Cc1ccc2c(O)cc(C(=O)O)c(C3(c4cc(C)c(O)c5c4ccc4ccccc45)OC(=O)c4cccc5cccc3c45)c2c1. The Balaban J connectivity index is 1.69. The molecule has 0 saturated heterocycles. The standard InChI is InChI=1S/C39H26O6/c1-20-13-15-25-28(17-20)35(29(37(42)43)19-32(25)40)39(30-12-6-9-23-8-5-11-27(33(23)30)38(44)45-39)31-18-21(2)36(41)34-24-10-4-3-7-22(24)14-16-26(31)34/h3-19,40-41H,1-2H3,(H,42,43). The predicted octanol–water partition coefficient (Wildman–Crippen LogP) is 8.49. The fourth-order valence-corrected chi connectivity index (χ4v) is 7.24. The Hall–Kier alpha value is -5.88. The zero-order chi connectivity index (χ0) is 31.2. The van der Waals surface area contributed by atoms with Crippen LogP contribution in [0.5, 0.6) is 11.5 Å². The number of esters is 1. The lowest BCUT2D eigenvalue weighted by molar-refractivity contribution is 0.0128. The average molecular weight is 591 g/mol. The van der Waals surface area contributed by atoms with E-state index >= 15 is 0 Å². The Bertz CT molecular complexity index is 2450. The molecule has 0 aromatic heterocycles. The number of carbonyl (C=O) groups is 2. The van der Waals surface area contributed by atoms with Gasteiger partial charge in [0.1, 0.15) is 11.5 Å². The van der Waals surface area contributed by atoms with E-state index < -0.39 is 17.5 Å². The number of fused-ring (bicyclic) bond motifs is 4. The zero-order valence-electron chi connectivity index (χ0n) is 24.4. The fraction of sp³-hybridized carbons (Fsp3) is 0.0769. The van der Waals surface area contributed by atoms with Crippen LogP contribution in [0.2, 0.25) is 0 Å². The molecule has 6 heteroatoms. The number of aryl methyl sites for hydroxylation is 2. The Morgan fingerprint density at radius 3 is 2.22 bits per heavy atom. The maximum atomic E-state index is 14.2. The largest absolute Gasteiger partial charge is 0.507 e. The van der Waals surface area contributed by atoms with E-state index in [0.29, 0.717) is 49.2 Å². The fourth-order valence-electron chi connectivity index (χ4n) is 7.24. The van der Waals surface area contributed by atoms with Gasteiger partial charge in [0, 0.05) is 32.8 Å². The van der Waals surface area contributed by atoms with Crippen molar-refractivity contribution in [2.45, 2.75) is 19.4 Å². The minimum absolute atomic E-state index is 0.0892. The predicted molar refractivity (Wildman–Crippen MR) is 174 cm³/mol. The number of carbonyl (C=O) groups excluding carboxylic acids is 1. The third kappa shape index (κ3) is 3.56. The zero-order valence-corrected chi connectivity index (χ0v) is 24.4. The second-order valence-corrected chi connectivity index (χ2v) is 11.8. The number of hydrogen-bond acceptors (Lipinski definition) is 5. The van der Waals surface area contributed by atoms with Crippen LogP contribution < -0.4 is 0 Å². The van der Waals surface area contributed by atoms with Crippen LogP contribution in [0.15, 0.2) is 103 Å². The van der Waals surface area contributed by atoms with Crippen molar-refractivity contribution in [3.8, 4) is 11.5 Å². The molecule has 6 nitrogen and oxygen atoms in total. The highest BCUT2D eigenvalue weighted by molar-refractivity contribution is 6.15. The van der Waals surface area contributed by atoms with Crippen LogP contribution in [-0.2, 0) is 10.3 Å². The Morgan fingerprint density at radius 1 is 0.689 bits per heavy atom. The Kier molecular flexibility index (Phi) is 5.53. The van der Waals surface area contributed by atoms with E-state index in [4.69, 9.17) is 4.74 Å². The highest BCUT2D eigenvalue weighted by Crippen LogP contribution is 2.54. The van der Waals surface area contributed by atoms with Crippen molar-refractivity contribution < 1.29 is 29.6 Å². The Morgan fingerprint density at radius 2 is 1.42 bits per heavy atom. The first kappa shape index (κ1) is 26.7. The van der Waals surface area contributed by atoms with E-state index in [-0.39, 0.29) is 22.6 Å². The summed E-state index contributed by atoms with van der Waals surface area (Å²) < 4.78 is 6.69. The normalized spacial score (nSPS) is 16.0. The average Bonchev–Trinajstić information content (AvgIpc) is 3.04. The minimum atomic E-state index is -1.79. The van der Waals surface area contributed by atoms with Gasteiger partial charge < -0.3 is 20.1 Å². The first-order chi connectivity index (χ1) is 21.7. The van der Waals surface area contributed by atoms with Crippen LogP contribution in [0.1, 0.15) is 48.5 Å². The van der Waals surface area contributed by atoms with Crippen molar-refractivity contribution >= 4 is 55.0 Å². The smallest absolute Gasteiger partial charge is 0.340 e. The monoisotopic (exact) mass is 590 g/mol. The lowest BCUT2D eigenvalue weighted by Gasteiger charge is -2.41. The molecule has 8 rings (SSSR count). The molecule has 1 heterocycles. The number of hydrogen-bond donors (Lipinski definition) is 3. The van der Waals surface area contributed by atoms with E-state index in [1.807, 2.05) is 79.7 Å². The number of benzene rings is 7. The molecular weight excluding hydrogens is 564 g/mol. The molecule has 0 spiro atoms. The molecule has 1 unspecified atom stereocenters. The molecule has 1 aliphatic rings. The van der Waals surface area contributed by atoms with Crippen molar-refractivity contribution in [3.05, 3.63) is 142 Å². The summed E-state index contributed by atoms with van der Waals surface area (Å²) in [6.45, 7) is 3.67. The van der Waals surface area contributed by atoms with E-state index in [0.717, 1.165) is 21.7 Å². The van der Waals surface area contributed by atoms with E-state index in [9.17, 15) is 24.9 Å². The van der Waals surface area contributed by atoms with Crippen molar-refractivity contribution in [1.82, 2.24) is 0 Å². The van der Waals surface area contributed by atoms with E-state index in [2.05, 4.69) is 0 Å². The van der Waals surface area contributed by atoms with Gasteiger partial charge in [-0.1, -0.05) is 90.5 Å². The van der Waals surface area contributed by atoms with Crippen molar-refractivity contribution in [1.29, 1.82) is 0 Å². The minimum Gasteiger partial charge on any atom is -0.507 e. The molecule has 0 saturated carbocycles. The first-order valence-corrected chi connectivity index (χ1v) is 14.6. The van der Waals surface area contributed by atoms with Crippen LogP contribution in [0, 0.1) is 13.8 Å². The van der Waals surface area contributed by atoms with Gasteiger partial charge in [-0.25, -0.2) is 9.59 Å². The van der Waals surface area contributed by atoms with Gasteiger partial charge in [0.2, 0.25) is 0 Å². The lowest BCUT2D eigenvalue weighted by Crippen LogP contribution is -2.40. The lowest BCUT2D eigenvalue weighted by atomic mass is 9.71. The molecule has 0 amide bonds. The Labute approximate surface area is 257 Å². The van der Waals surface area contributed by atoms with Gasteiger partial charge in [0.25, 0.3) is 0 Å².